The monoisotopic (exact) mass is 343 g/mol. The van der Waals surface area contributed by atoms with Crippen LogP contribution in [-0.2, 0) is 4.79 Å². The maximum Gasteiger partial charge on any atom is 0.311 e. The first-order chi connectivity index (χ1) is 12.0. The van der Waals surface area contributed by atoms with Crippen molar-refractivity contribution in [2.75, 3.05) is 0 Å². The number of carbonyl (C=O) groups excluding carboxylic acids is 1. The molecular weight excluding hydrogens is 322 g/mol. The van der Waals surface area contributed by atoms with Crippen molar-refractivity contribution in [1.82, 2.24) is 5.43 Å². The van der Waals surface area contributed by atoms with Gasteiger partial charge in [0.15, 0.2) is 0 Å². The van der Waals surface area contributed by atoms with Crippen LogP contribution >= 0.6 is 0 Å². The van der Waals surface area contributed by atoms with Gasteiger partial charge in [0.25, 0.3) is 0 Å². The number of nitrogens with one attached hydrogen (secondary N) is 1. The Morgan fingerprint density at radius 1 is 1.24 bits per heavy atom. The lowest BCUT2D eigenvalue weighted by atomic mass is 9.49. The summed E-state index contributed by atoms with van der Waals surface area (Å²) in [5.74, 6) is 1.51. The van der Waals surface area contributed by atoms with Gasteiger partial charge in [-0.05, 0) is 62.3 Å². The lowest BCUT2D eigenvalue weighted by molar-refractivity contribution is -0.385. The summed E-state index contributed by atoms with van der Waals surface area (Å²) in [5.41, 5.74) is 2.15. The Bertz CT molecular complexity index is 723. The molecule has 1 amide bonds. The number of hydrogen-bond donors (Lipinski definition) is 2. The Hall–Kier alpha value is -2.44. The third-order valence-corrected chi connectivity index (χ3v) is 6.13. The van der Waals surface area contributed by atoms with Crippen LogP contribution in [0.3, 0.4) is 0 Å². The highest BCUT2D eigenvalue weighted by Gasteiger charge is 2.54. The quantitative estimate of drug-likeness (QED) is 0.498. The number of hydrogen-bond acceptors (Lipinski definition) is 5. The van der Waals surface area contributed by atoms with Crippen LogP contribution in [0.2, 0.25) is 0 Å². The van der Waals surface area contributed by atoms with E-state index in [1.165, 1.54) is 43.7 Å². The molecule has 4 saturated carbocycles. The number of nitro groups is 1. The van der Waals surface area contributed by atoms with E-state index in [4.69, 9.17) is 0 Å². The molecule has 1 aromatic rings. The standard InChI is InChI=1S/C18H21N3O4/c22-16-14(2-1-3-15(16)21(24)25)10-19-20-17(23)18-7-11-4-12(8-18)6-13(5-11)9-18/h1-3,10-13,22H,4-9H2,(H,20,23)/b19-10-. The third-order valence-electron chi connectivity index (χ3n) is 6.13. The number of amides is 1. The molecule has 7 nitrogen and oxygen atoms in total. The number of benzene rings is 1. The number of para-hydroxylation sites is 1. The van der Waals surface area contributed by atoms with E-state index in [1.54, 1.807) is 0 Å². The second kappa shape index (κ2) is 5.82. The molecule has 132 valence electrons. The molecule has 0 aromatic heterocycles. The van der Waals surface area contributed by atoms with E-state index in [0.717, 1.165) is 19.3 Å². The maximum atomic E-state index is 12.8. The topological polar surface area (TPSA) is 105 Å². The largest absolute Gasteiger partial charge is 0.502 e. The average Bonchev–Trinajstić information content (AvgIpc) is 2.54. The van der Waals surface area contributed by atoms with Crippen molar-refractivity contribution in [2.45, 2.75) is 38.5 Å². The van der Waals surface area contributed by atoms with Gasteiger partial charge in [-0.2, -0.15) is 5.10 Å². The van der Waals surface area contributed by atoms with Crippen molar-refractivity contribution in [3.05, 3.63) is 33.9 Å². The van der Waals surface area contributed by atoms with E-state index >= 15 is 0 Å². The van der Waals surface area contributed by atoms with Crippen molar-refractivity contribution in [3.8, 4) is 5.75 Å². The van der Waals surface area contributed by atoms with Gasteiger partial charge in [0.05, 0.1) is 16.6 Å². The summed E-state index contributed by atoms with van der Waals surface area (Å²) in [4.78, 5) is 22.9. The number of phenols is 1. The molecule has 0 aliphatic heterocycles. The van der Waals surface area contributed by atoms with Gasteiger partial charge in [-0.1, -0.05) is 6.07 Å². The van der Waals surface area contributed by atoms with E-state index in [-0.39, 0.29) is 22.6 Å². The molecule has 2 N–H and O–H groups in total. The lowest BCUT2D eigenvalue weighted by Gasteiger charge is -2.55. The van der Waals surface area contributed by atoms with Crippen LogP contribution in [0, 0.1) is 33.3 Å². The van der Waals surface area contributed by atoms with Crippen molar-refractivity contribution in [3.63, 3.8) is 0 Å². The minimum absolute atomic E-state index is 0.0484. The second-order valence-corrected chi connectivity index (χ2v) is 7.87. The fourth-order valence-corrected chi connectivity index (χ4v) is 5.47. The van der Waals surface area contributed by atoms with Gasteiger partial charge in [-0.25, -0.2) is 5.43 Å². The molecule has 4 aliphatic carbocycles. The summed E-state index contributed by atoms with van der Waals surface area (Å²) in [7, 11) is 0. The van der Waals surface area contributed by atoms with E-state index in [1.807, 2.05) is 0 Å². The second-order valence-electron chi connectivity index (χ2n) is 7.87. The minimum Gasteiger partial charge on any atom is -0.502 e. The molecule has 0 atom stereocenters. The van der Waals surface area contributed by atoms with Crippen LogP contribution in [0.1, 0.15) is 44.1 Å². The highest BCUT2D eigenvalue weighted by Crippen LogP contribution is 2.60. The Labute approximate surface area is 145 Å². The number of phenolic OH excluding ortho intramolecular Hbond substituents is 1. The fraction of sp³-hybridized carbons (Fsp3) is 0.556. The molecule has 25 heavy (non-hydrogen) atoms. The smallest absolute Gasteiger partial charge is 0.311 e. The Kier molecular flexibility index (Phi) is 3.74. The normalized spacial score (nSPS) is 32.9. The maximum absolute atomic E-state index is 12.8. The van der Waals surface area contributed by atoms with Crippen LogP contribution in [0.15, 0.2) is 23.3 Å². The lowest BCUT2D eigenvalue weighted by Crippen LogP contribution is -2.52. The molecule has 7 heteroatoms. The number of hydrazone groups is 1. The number of carbonyl (C=O) groups is 1. The van der Waals surface area contributed by atoms with Crippen LogP contribution < -0.4 is 5.43 Å². The zero-order chi connectivity index (χ0) is 17.6. The van der Waals surface area contributed by atoms with Gasteiger partial charge < -0.3 is 5.11 Å². The number of aromatic hydroxyl groups is 1. The first-order valence-corrected chi connectivity index (χ1v) is 8.77. The van der Waals surface area contributed by atoms with Crippen molar-refractivity contribution < 1.29 is 14.8 Å². The zero-order valence-corrected chi connectivity index (χ0v) is 13.9. The molecule has 0 unspecified atom stereocenters. The van der Waals surface area contributed by atoms with Gasteiger partial charge in [0, 0.05) is 11.6 Å². The van der Waals surface area contributed by atoms with E-state index in [0.29, 0.717) is 17.8 Å². The van der Waals surface area contributed by atoms with Crippen LogP contribution in [0.25, 0.3) is 0 Å². The summed E-state index contributed by atoms with van der Waals surface area (Å²) >= 11 is 0. The Morgan fingerprint density at radius 3 is 2.40 bits per heavy atom. The summed E-state index contributed by atoms with van der Waals surface area (Å²) in [6, 6.07) is 4.21. The van der Waals surface area contributed by atoms with Gasteiger partial charge in [0.2, 0.25) is 11.7 Å². The van der Waals surface area contributed by atoms with E-state index in [2.05, 4.69) is 10.5 Å². The third kappa shape index (κ3) is 2.77. The molecule has 0 radical (unpaired) electrons. The summed E-state index contributed by atoms with van der Waals surface area (Å²) < 4.78 is 0. The van der Waals surface area contributed by atoms with Crippen LogP contribution in [0.5, 0.6) is 5.75 Å². The Balaban J connectivity index is 1.47. The predicted molar refractivity (Wildman–Crippen MR) is 91.1 cm³/mol. The average molecular weight is 343 g/mol. The van der Waals surface area contributed by atoms with Crippen LogP contribution in [-0.4, -0.2) is 22.2 Å². The molecule has 5 rings (SSSR count). The highest BCUT2D eigenvalue weighted by molar-refractivity contribution is 5.88. The van der Waals surface area contributed by atoms with E-state index in [9.17, 15) is 20.0 Å². The van der Waals surface area contributed by atoms with Gasteiger partial charge in [-0.3, -0.25) is 14.9 Å². The molecule has 4 aliphatic rings. The van der Waals surface area contributed by atoms with Gasteiger partial charge >= 0.3 is 5.69 Å². The fourth-order valence-electron chi connectivity index (χ4n) is 5.47. The molecule has 1 aromatic carbocycles. The molecule has 4 fully saturated rings. The molecule has 0 spiro atoms. The molecule has 4 bridgehead atoms. The number of nitro benzene ring substituents is 1. The highest BCUT2D eigenvalue weighted by atomic mass is 16.6. The Morgan fingerprint density at radius 2 is 1.84 bits per heavy atom. The number of rotatable bonds is 4. The number of nitrogens with zero attached hydrogens (tertiary/aromatic N) is 2. The minimum atomic E-state index is -0.652. The molecular formula is C18H21N3O4. The molecule has 0 heterocycles. The molecule has 0 saturated heterocycles. The van der Waals surface area contributed by atoms with Crippen molar-refractivity contribution in [2.24, 2.45) is 28.3 Å². The van der Waals surface area contributed by atoms with Crippen molar-refractivity contribution >= 4 is 17.8 Å². The first-order valence-electron chi connectivity index (χ1n) is 8.77. The van der Waals surface area contributed by atoms with Gasteiger partial charge in [0.1, 0.15) is 0 Å². The SMILES string of the molecule is O=C(N/N=C\c1cccc([N+](=O)[O-])c1O)C12CC3CC(CC(C3)C1)C2. The van der Waals surface area contributed by atoms with Crippen molar-refractivity contribution in [1.29, 1.82) is 0 Å². The first kappa shape index (κ1) is 16.1. The summed E-state index contributed by atoms with van der Waals surface area (Å²) in [5, 5.41) is 24.7. The van der Waals surface area contributed by atoms with Crippen LogP contribution in [0.4, 0.5) is 5.69 Å². The predicted octanol–water partition coefficient (Wildman–Crippen LogP) is 2.97. The van der Waals surface area contributed by atoms with Gasteiger partial charge in [-0.15, -0.1) is 0 Å². The zero-order valence-electron chi connectivity index (χ0n) is 13.9. The summed E-state index contributed by atoms with van der Waals surface area (Å²) in [6.07, 6.45) is 7.89. The summed E-state index contributed by atoms with van der Waals surface area (Å²) in [6.45, 7) is 0. The van der Waals surface area contributed by atoms with E-state index < -0.39 is 10.7 Å².